The summed E-state index contributed by atoms with van der Waals surface area (Å²) in [6.45, 7) is 2.07. The Labute approximate surface area is 184 Å². The fourth-order valence-corrected chi connectivity index (χ4v) is 5.82. The number of amides is 2. The van der Waals surface area contributed by atoms with Crippen LogP contribution in [-0.4, -0.2) is 71.1 Å². The predicted molar refractivity (Wildman–Crippen MR) is 117 cm³/mol. The number of hydrogen-bond donors (Lipinski definition) is 1. The number of imidazole rings is 1. The summed E-state index contributed by atoms with van der Waals surface area (Å²) in [6, 6.07) is 6.91. The fraction of sp³-hybridized carbons (Fsp3) is 0.421. The molecule has 0 radical (unpaired) electrons. The molecule has 0 saturated carbocycles. The van der Waals surface area contributed by atoms with E-state index in [1.807, 2.05) is 16.7 Å². The van der Waals surface area contributed by atoms with Crippen LogP contribution in [0.15, 0.2) is 41.8 Å². The number of aromatic nitrogens is 2. The monoisotopic (exact) mass is 470 g/mol. The predicted octanol–water partition coefficient (Wildman–Crippen LogP) is 1.77. The third-order valence-corrected chi connectivity index (χ3v) is 7.67. The molecule has 0 bridgehead atoms. The van der Waals surface area contributed by atoms with E-state index in [0.29, 0.717) is 23.1 Å². The molecule has 1 aromatic heterocycles. The van der Waals surface area contributed by atoms with Gasteiger partial charge in [0, 0.05) is 35.7 Å². The van der Waals surface area contributed by atoms with Crippen LogP contribution in [-0.2, 0) is 19.4 Å². The van der Waals surface area contributed by atoms with Gasteiger partial charge in [-0.25, -0.2) is 13.4 Å². The number of rotatable bonds is 8. The molecule has 1 aliphatic heterocycles. The molecular weight excluding hydrogens is 448 g/mol. The van der Waals surface area contributed by atoms with Crippen molar-refractivity contribution in [3.63, 3.8) is 0 Å². The van der Waals surface area contributed by atoms with Gasteiger partial charge in [-0.3, -0.25) is 14.2 Å². The van der Waals surface area contributed by atoms with Gasteiger partial charge in [0.05, 0.1) is 23.8 Å². The number of thioether (sulfide) groups is 1. The Morgan fingerprint density at radius 1 is 1.33 bits per heavy atom. The van der Waals surface area contributed by atoms with Crippen LogP contribution in [0.3, 0.4) is 0 Å². The van der Waals surface area contributed by atoms with Gasteiger partial charge in [0.15, 0.2) is 15.0 Å². The van der Waals surface area contributed by atoms with Gasteiger partial charge >= 0.3 is 0 Å². The summed E-state index contributed by atoms with van der Waals surface area (Å²) in [4.78, 5) is 30.6. The van der Waals surface area contributed by atoms with Crippen molar-refractivity contribution in [1.29, 1.82) is 0 Å². The first-order valence-corrected chi connectivity index (χ1v) is 12.7. The largest absolute Gasteiger partial charge is 0.351 e. The summed E-state index contributed by atoms with van der Waals surface area (Å²) in [6.07, 6.45) is 3.87. The van der Waals surface area contributed by atoms with Gasteiger partial charge in [-0.1, -0.05) is 23.4 Å². The summed E-state index contributed by atoms with van der Waals surface area (Å²) < 4.78 is 24.9. The Bertz CT molecular complexity index is 1010. The lowest BCUT2D eigenvalue weighted by atomic mass is 10.2. The molecule has 1 fully saturated rings. The SMILES string of the molecule is CCN(CC(=O)NC1CCS(=O)(=O)C1)C(=O)CSc1nccn1-c1ccc(Cl)cc1. The maximum Gasteiger partial charge on any atom is 0.239 e. The molecule has 1 atom stereocenters. The first-order chi connectivity index (χ1) is 14.3. The van der Waals surface area contributed by atoms with Crippen molar-refractivity contribution in [3.8, 4) is 5.69 Å². The number of halogens is 1. The minimum atomic E-state index is -3.07. The lowest BCUT2D eigenvalue weighted by Gasteiger charge is -2.21. The number of hydrogen-bond acceptors (Lipinski definition) is 6. The summed E-state index contributed by atoms with van der Waals surface area (Å²) in [5.74, 6) is -0.362. The molecule has 1 aliphatic rings. The van der Waals surface area contributed by atoms with Crippen LogP contribution < -0.4 is 5.32 Å². The van der Waals surface area contributed by atoms with Crippen molar-refractivity contribution in [2.75, 3.05) is 30.3 Å². The summed E-state index contributed by atoms with van der Waals surface area (Å²) in [5, 5.41) is 4.00. The molecule has 8 nitrogen and oxygen atoms in total. The second-order valence-corrected chi connectivity index (χ2v) is 10.5. The number of nitrogens with zero attached hydrogens (tertiary/aromatic N) is 3. The van der Waals surface area contributed by atoms with Crippen molar-refractivity contribution in [3.05, 3.63) is 41.7 Å². The molecule has 2 aromatic rings. The smallest absolute Gasteiger partial charge is 0.239 e. The molecule has 30 heavy (non-hydrogen) atoms. The van der Waals surface area contributed by atoms with Gasteiger partial charge in [0.25, 0.3) is 0 Å². The average molecular weight is 471 g/mol. The Morgan fingerprint density at radius 3 is 2.70 bits per heavy atom. The maximum absolute atomic E-state index is 12.6. The van der Waals surface area contributed by atoms with Crippen LogP contribution in [0.25, 0.3) is 5.69 Å². The van der Waals surface area contributed by atoms with E-state index in [9.17, 15) is 18.0 Å². The Morgan fingerprint density at radius 2 is 2.07 bits per heavy atom. The van der Waals surface area contributed by atoms with E-state index < -0.39 is 9.84 Å². The third kappa shape index (κ3) is 5.99. The van der Waals surface area contributed by atoms with Gasteiger partial charge in [-0.2, -0.15) is 0 Å². The van der Waals surface area contributed by atoms with Crippen LogP contribution in [0.5, 0.6) is 0 Å². The average Bonchev–Trinajstić information content (AvgIpc) is 3.30. The Hall–Kier alpha value is -2.04. The molecule has 1 saturated heterocycles. The number of nitrogens with one attached hydrogen (secondary N) is 1. The van der Waals surface area contributed by atoms with Gasteiger partial charge in [0.2, 0.25) is 11.8 Å². The van der Waals surface area contributed by atoms with Crippen LogP contribution >= 0.6 is 23.4 Å². The number of carbonyl (C=O) groups excluding carboxylic acids is 2. The standard InChI is InChI=1S/C19H23ClN4O4S2/c1-2-23(11-17(25)22-15-7-10-30(27,28)13-15)18(26)12-29-19-21-8-9-24(19)16-5-3-14(20)4-6-16/h3-6,8-9,15H,2,7,10-13H2,1H3,(H,22,25). The minimum absolute atomic E-state index is 0.0397. The van der Waals surface area contributed by atoms with Gasteiger partial charge < -0.3 is 10.2 Å². The van der Waals surface area contributed by atoms with Crippen molar-refractivity contribution in [2.24, 2.45) is 0 Å². The zero-order chi connectivity index (χ0) is 21.7. The van der Waals surface area contributed by atoms with E-state index in [4.69, 9.17) is 11.6 Å². The normalized spacial score (nSPS) is 17.6. The number of likely N-dealkylation sites (N-methyl/N-ethyl adjacent to an activating group) is 1. The number of sulfone groups is 1. The lowest BCUT2D eigenvalue weighted by molar-refractivity contribution is -0.134. The van der Waals surface area contributed by atoms with Crippen molar-refractivity contribution >= 4 is 45.0 Å². The highest BCUT2D eigenvalue weighted by molar-refractivity contribution is 7.99. The van der Waals surface area contributed by atoms with Gasteiger partial charge in [0.1, 0.15) is 0 Å². The zero-order valence-corrected chi connectivity index (χ0v) is 18.8. The fourth-order valence-electron chi connectivity index (χ4n) is 3.14. The number of benzene rings is 1. The quantitative estimate of drug-likeness (QED) is 0.590. The van der Waals surface area contributed by atoms with E-state index in [2.05, 4.69) is 10.3 Å². The molecule has 0 spiro atoms. The van der Waals surface area contributed by atoms with E-state index in [-0.39, 0.29) is 41.7 Å². The maximum atomic E-state index is 12.6. The topological polar surface area (TPSA) is 101 Å². The van der Waals surface area contributed by atoms with Crippen LogP contribution in [0.4, 0.5) is 0 Å². The Kier molecular flexibility index (Phi) is 7.43. The molecule has 11 heteroatoms. The van der Waals surface area contributed by atoms with Crippen molar-refractivity contribution < 1.29 is 18.0 Å². The molecule has 162 valence electrons. The molecule has 2 amide bonds. The molecule has 0 aliphatic carbocycles. The van der Waals surface area contributed by atoms with E-state index in [1.54, 1.807) is 31.5 Å². The molecule has 2 heterocycles. The molecule has 1 unspecified atom stereocenters. The molecule has 1 aromatic carbocycles. The highest BCUT2D eigenvalue weighted by Gasteiger charge is 2.29. The van der Waals surface area contributed by atoms with Crippen LogP contribution in [0.1, 0.15) is 13.3 Å². The summed E-state index contributed by atoms with van der Waals surface area (Å²) in [7, 11) is -3.07. The van der Waals surface area contributed by atoms with E-state index >= 15 is 0 Å². The van der Waals surface area contributed by atoms with Gasteiger partial charge in [-0.05, 0) is 37.6 Å². The zero-order valence-electron chi connectivity index (χ0n) is 16.5. The van der Waals surface area contributed by atoms with Crippen LogP contribution in [0.2, 0.25) is 5.02 Å². The van der Waals surface area contributed by atoms with Gasteiger partial charge in [-0.15, -0.1) is 0 Å². The number of carbonyl (C=O) groups is 2. The summed E-state index contributed by atoms with van der Waals surface area (Å²) in [5.41, 5.74) is 0.880. The second-order valence-electron chi connectivity index (χ2n) is 6.92. The van der Waals surface area contributed by atoms with Crippen molar-refractivity contribution in [2.45, 2.75) is 24.5 Å². The first kappa shape index (κ1) is 22.6. The Balaban J connectivity index is 1.54. The van der Waals surface area contributed by atoms with Crippen molar-refractivity contribution in [1.82, 2.24) is 19.8 Å². The highest BCUT2D eigenvalue weighted by Crippen LogP contribution is 2.22. The highest BCUT2D eigenvalue weighted by atomic mass is 35.5. The summed E-state index contributed by atoms with van der Waals surface area (Å²) >= 11 is 7.21. The lowest BCUT2D eigenvalue weighted by Crippen LogP contribution is -2.45. The second kappa shape index (κ2) is 9.84. The third-order valence-electron chi connectivity index (χ3n) is 4.70. The molecular formula is C19H23ClN4O4S2. The van der Waals surface area contributed by atoms with Crippen LogP contribution in [0, 0.1) is 0 Å². The molecule has 3 rings (SSSR count). The first-order valence-electron chi connectivity index (χ1n) is 9.47. The van der Waals surface area contributed by atoms with E-state index in [1.165, 1.54) is 16.7 Å². The van der Waals surface area contributed by atoms with E-state index in [0.717, 1.165) is 5.69 Å². The molecule has 1 N–H and O–H groups in total. The minimum Gasteiger partial charge on any atom is -0.351 e.